The first-order valence-electron chi connectivity index (χ1n) is 4.96. The van der Waals surface area contributed by atoms with Crippen molar-refractivity contribution in [2.24, 2.45) is 0 Å². The maximum absolute atomic E-state index is 11.9. The number of alkyl halides is 3. The molecule has 0 spiro atoms. The van der Waals surface area contributed by atoms with Gasteiger partial charge in [0.15, 0.2) is 0 Å². The van der Waals surface area contributed by atoms with Gasteiger partial charge >= 0.3 is 6.36 Å². The van der Waals surface area contributed by atoms with Gasteiger partial charge in [-0.25, -0.2) is 0 Å². The van der Waals surface area contributed by atoms with Crippen molar-refractivity contribution in [2.45, 2.75) is 25.7 Å². The summed E-state index contributed by atoms with van der Waals surface area (Å²) < 4.78 is 39.4. The van der Waals surface area contributed by atoms with Crippen molar-refractivity contribution < 1.29 is 17.9 Å². The highest BCUT2D eigenvalue weighted by Crippen LogP contribution is 2.24. The molecule has 0 bridgehead atoms. The van der Waals surface area contributed by atoms with E-state index in [1.807, 2.05) is 13.0 Å². The first-order chi connectivity index (χ1) is 7.94. The number of ether oxygens (including phenoxy) is 1. The van der Waals surface area contributed by atoms with E-state index in [0.717, 1.165) is 0 Å². The lowest BCUT2D eigenvalue weighted by molar-refractivity contribution is -0.274. The van der Waals surface area contributed by atoms with E-state index in [-0.39, 0.29) is 11.8 Å². The van der Waals surface area contributed by atoms with Crippen LogP contribution in [0.1, 0.15) is 13.3 Å². The quantitative estimate of drug-likeness (QED) is 0.883. The smallest absolute Gasteiger partial charge is 0.406 e. The minimum absolute atomic E-state index is 0.284. The van der Waals surface area contributed by atoms with Crippen LogP contribution in [0.3, 0.4) is 0 Å². The van der Waals surface area contributed by atoms with Gasteiger partial charge in [0.05, 0.1) is 6.07 Å². The molecule has 17 heavy (non-hydrogen) atoms. The van der Waals surface area contributed by atoms with Crippen LogP contribution in [0.25, 0.3) is 0 Å². The first kappa shape index (κ1) is 13.2. The van der Waals surface area contributed by atoms with E-state index in [1.54, 1.807) is 0 Å². The third kappa shape index (κ3) is 4.64. The summed E-state index contributed by atoms with van der Waals surface area (Å²) in [6.45, 7) is 1.84. The number of halogens is 3. The lowest BCUT2D eigenvalue weighted by Crippen LogP contribution is -2.17. The van der Waals surface area contributed by atoms with Gasteiger partial charge in [-0.15, -0.1) is 13.2 Å². The lowest BCUT2D eigenvalue weighted by atomic mass is 10.2. The Morgan fingerprint density at radius 3 is 2.35 bits per heavy atom. The average Bonchev–Trinajstić information content (AvgIpc) is 2.26. The van der Waals surface area contributed by atoms with Crippen LogP contribution in [0, 0.1) is 11.3 Å². The van der Waals surface area contributed by atoms with Gasteiger partial charge < -0.3 is 10.1 Å². The predicted octanol–water partition coefficient (Wildman–Crippen LogP) is 3.30. The van der Waals surface area contributed by atoms with E-state index in [9.17, 15) is 13.2 Å². The Balaban J connectivity index is 2.66. The second-order valence-electron chi connectivity index (χ2n) is 3.31. The van der Waals surface area contributed by atoms with Crippen molar-refractivity contribution in [2.75, 3.05) is 5.32 Å². The van der Waals surface area contributed by atoms with Gasteiger partial charge in [-0.3, -0.25) is 0 Å². The number of hydrogen-bond acceptors (Lipinski definition) is 3. The Kier molecular flexibility index (Phi) is 4.21. The molecule has 6 heteroatoms. The Hall–Kier alpha value is -1.90. The molecule has 0 fully saturated rings. The van der Waals surface area contributed by atoms with Gasteiger partial charge in [0.1, 0.15) is 11.8 Å². The van der Waals surface area contributed by atoms with E-state index in [0.29, 0.717) is 12.1 Å². The summed E-state index contributed by atoms with van der Waals surface area (Å²) >= 11 is 0. The SMILES string of the molecule is CCC(C#N)Nc1ccc(OC(F)(F)F)cc1. The highest BCUT2D eigenvalue weighted by Gasteiger charge is 2.30. The number of benzene rings is 1. The summed E-state index contributed by atoms with van der Waals surface area (Å²) in [7, 11) is 0. The Morgan fingerprint density at radius 1 is 1.35 bits per heavy atom. The molecule has 0 saturated heterocycles. The van der Waals surface area contributed by atoms with Crippen LogP contribution in [0.4, 0.5) is 18.9 Å². The van der Waals surface area contributed by atoms with Crippen LogP contribution in [0.5, 0.6) is 5.75 Å². The van der Waals surface area contributed by atoms with Crippen molar-refractivity contribution in [3.05, 3.63) is 24.3 Å². The molecule has 1 rings (SSSR count). The van der Waals surface area contributed by atoms with E-state index in [1.165, 1.54) is 24.3 Å². The Bertz CT molecular complexity index is 395. The fourth-order valence-corrected chi connectivity index (χ4v) is 1.18. The first-order valence-corrected chi connectivity index (χ1v) is 4.96. The lowest BCUT2D eigenvalue weighted by Gasteiger charge is -2.12. The number of nitrogens with zero attached hydrogens (tertiary/aromatic N) is 1. The largest absolute Gasteiger partial charge is 0.573 e. The zero-order valence-corrected chi connectivity index (χ0v) is 9.08. The molecule has 0 heterocycles. The molecule has 0 radical (unpaired) electrons. The number of nitrogens with one attached hydrogen (secondary N) is 1. The minimum Gasteiger partial charge on any atom is -0.406 e. The standard InChI is InChI=1S/C11H11F3N2O/c1-2-8(7-15)16-9-3-5-10(6-4-9)17-11(12,13)14/h3-6,8,16H,2H2,1H3. The highest BCUT2D eigenvalue weighted by atomic mass is 19.4. The molecule has 1 aromatic carbocycles. The summed E-state index contributed by atoms with van der Waals surface area (Å²) in [5, 5.41) is 11.6. The topological polar surface area (TPSA) is 45.0 Å². The van der Waals surface area contributed by atoms with E-state index in [4.69, 9.17) is 5.26 Å². The van der Waals surface area contributed by atoms with Crippen LogP contribution in [0.2, 0.25) is 0 Å². The molecule has 0 saturated carbocycles. The highest BCUT2D eigenvalue weighted by molar-refractivity contribution is 5.48. The molecule has 0 amide bonds. The van der Waals surface area contributed by atoms with Crippen LogP contribution in [0.15, 0.2) is 24.3 Å². The summed E-state index contributed by atoms with van der Waals surface area (Å²) in [5.41, 5.74) is 0.577. The van der Waals surface area contributed by atoms with Crippen molar-refractivity contribution in [3.8, 4) is 11.8 Å². The summed E-state index contributed by atoms with van der Waals surface area (Å²) in [5.74, 6) is -0.284. The number of hydrogen-bond donors (Lipinski definition) is 1. The molecule has 92 valence electrons. The third-order valence-electron chi connectivity index (χ3n) is 1.99. The molecule has 0 aliphatic rings. The number of anilines is 1. The Labute approximate surface area is 96.8 Å². The zero-order chi connectivity index (χ0) is 12.9. The average molecular weight is 244 g/mol. The minimum atomic E-state index is -4.69. The van der Waals surface area contributed by atoms with Gasteiger partial charge in [-0.2, -0.15) is 5.26 Å². The third-order valence-corrected chi connectivity index (χ3v) is 1.99. The van der Waals surface area contributed by atoms with E-state index >= 15 is 0 Å². The summed E-state index contributed by atoms with van der Waals surface area (Å²) in [4.78, 5) is 0. The van der Waals surface area contributed by atoms with Crippen molar-refractivity contribution in [1.29, 1.82) is 5.26 Å². The van der Waals surface area contributed by atoms with Crippen LogP contribution < -0.4 is 10.1 Å². The summed E-state index contributed by atoms with van der Waals surface area (Å²) in [6.07, 6.45) is -4.08. The molecule has 0 aliphatic carbocycles. The van der Waals surface area contributed by atoms with Crippen molar-refractivity contribution in [3.63, 3.8) is 0 Å². The zero-order valence-electron chi connectivity index (χ0n) is 9.08. The molecular weight excluding hydrogens is 233 g/mol. The molecule has 0 aliphatic heterocycles. The van der Waals surface area contributed by atoms with Crippen LogP contribution in [-0.4, -0.2) is 12.4 Å². The van der Waals surface area contributed by atoms with Crippen molar-refractivity contribution in [1.82, 2.24) is 0 Å². The molecule has 3 nitrogen and oxygen atoms in total. The van der Waals surface area contributed by atoms with Gasteiger partial charge in [0.25, 0.3) is 0 Å². The second kappa shape index (κ2) is 5.43. The molecule has 1 aromatic rings. The van der Waals surface area contributed by atoms with E-state index < -0.39 is 6.36 Å². The van der Waals surface area contributed by atoms with E-state index in [2.05, 4.69) is 10.1 Å². The van der Waals surface area contributed by atoms with Crippen LogP contribution in [-0.2, 0) is 0 Å². The van der Waals surface area contributed by atoms with Crippen LogP contribution >= 0.6 is 0 Å². The molecule has 1 atom stereocenters. The number of rotatable bonds is 4. The maximum atomic E-state index is 11.9. The van der Waals surface area contributed by atoms with Gasteiger partial charge in [0.2, 0.25) is 0 Å². The summed E-state index contributed by atoms with van der Waals surface area (Å²) in [6, 6.07) is 6.93. The van der Waals surface area contributed by atoms with Gasteiger partial charge in [0, 0.05) is 5.69 Å². The second-order valence-corrected chi connectivity index (χ2v) is 3.31. The maximum Gasteiger partial charge on any atom is 0.573 e. The normalized spacial score (nSPS) is 12.6. The monoisotopic (exact) mass is 244 g/mol. The Morgan fingerprint density at radius 2 is 1.94 bits per heavy atom. The molecule has 1 unspecified atom stereocenters. The fraction of sp³-hybridized carbons (Fsp3) is 0.364. The van der Waals surface area contributed by atoms with Gasteiger partial charge in [-0.1, -0.05) is 6.92 Å². The number of nitriles is 1. The van der Waals surface area contributed by atoms with Crippen molar-refractivity contribution >= 4 is 5.69 Å². The predicted molar refractivity (Wildman–Crippen MR) is 56.4 cm³/mol. The molecule has 1 N–H and O–H groups in total. The molecular formula is C11H11F3N2O. The fourth-order valence-electron chi connectivity index (χ4n) is 1.18. The molecule has 0 aromatic heterocycles. The van der Waals surface area contributed by atoms with Gasteiger partial charge in [-0.05, 0) is 30.7 Å².